The van der Waals surface area contributed by atoms with E-state index in [0.717, 1.165) is 22.2 Å². The topological polar surface area (TPSA) is 58.3 Å². The molecule has 0 fully saturated rings. The first-order valence-corrected chi connectivity index (χ1v) is 10.2. The van der Waals surface area contributed by atoms with Crippen LogP contribution >= 0.6 is 0 Å². The van der Waals surface area contributed by atoms with Gasteiger partial charge in [-0.05, 0) is 34.3 Å². The summed E-state index contributed by atoms with van der Waals surface area (Å²) < 4.78 is 2.18. The van der Waals surface area contributed by atoms with Gasteiger partial charge in [0.15, 0.2) is 0 Å². The van der Waals surface area contributed by atoms with E-state index in [4.69, 9.17) is 0 Å². The van der Waals surface area contributed by atoms with Crippen molar-refractivity contribution < 1.29 is 10.0 Å². The second kappa shape index (κ2) is 7.87. The molecule has 0 aliphatic heterocycles. The number of hydrogen-bond acceptors (Lipinski definition) is 3. The van der Waals surface area contributed by atoms with E-state index in [0.29, 0.717) is 11.0 Å². The van der Waals surface area contributed by atoms with Gasteiger partial charge in [-0.25, -0.2) is 4.98 Å². The minimum atomic E-state index is -1.53. The monoisotopic (exact) mass is 404 g/mol. The van der Waals surface area contributed by atoms with Gasteiger partial charge in [-0.2, -0.15) is 0 Å². The van der Waals surface area contributed by atoms with Gasteiger partial charge in [0.05, 0.1) is 17.4 Å². The largest absolute Gasteiger partial charge is 0.488 e. The molecule has 0 amide bonds. The molecule has 1 aromatic heterocycles. The number of benzene rings is 4. The average Bonchev–Trinajstić information content (AvgIpc) is 3.25. The van der Waals surface area contributed by atoms with Crippen LogP contribution in [-0.4, -0.2) is 26.7 Å². The van der Waals surface area contributed by atoms with E-state index >= 15 is 0 Å². The first kappa shape index (κ1) is 19.3. The van der Waals surface area contributed by atoms with E-state index in [-0.39, 0.29) is 0 Å². The predicted molar refractivity (Wildman–Crippen MR) is 124 cm³/mol. The number of aromatic nitrogens is 2. The third-order valence-corrected chi connectivity index (χ3v) is 5.81. The molecule has 5 heteroatoms. The molecule has 1 heterocycles. The maximum absolute atomic E-state index is 9.60. The van der Waals surface area contributed by atoms with Gasteiger partial charge in [0.25, 0.3) is 0 Å². The summed E-state index contributed by atoms with van der Waals surface area (Å²) in [7, 11) is -1.53. The highest BCUT2D eigenvalue weighted by Crippen LogP contribution is 2.42. The van der Waals surface area contributed by atoms with Crippen LogP contribution in [0.1, 0.15) is 16.7 Å². The molecule has 31 heavy (non-hydrogen) atoms. The number of rotatable bonds is 5. The number of nitrogens with zero attached hydrogens (tertiary/aromatic N) is 2. The molecule has 5 rings (SSSR count). The second-order valence-corrected chi connectivity index (χ2v) is 7.54. The van der Waals surface area contributed by atoms with E-state index in [9.17, 15) is 10.0 Å². The minimum Gasteiger partial charge on any atom is -0.423 e. The number of fused-ring (bicyclic) bond motifs is 1. The zero-order valence-corrected chi connectivity index (χ0v) is 16.8. The van der Waals surface area contributed by atoms with Gasteiger partial charge >= 0.3 is 7.12 Å². The molecular formula is C26H21BN2O2. The summed E-state index contributed by atoms with van der Waals surface area (Å²) in [6, 6.07) is 36.5. The summed E-state index contributed by atoms with van der Waals surface area (Å²) >= 11 is 0. The Labute approximate surface area is 181 Å². The highest BCUT2D eigenvalue weighted by atomic mass is 16.4. The van der Waals surface area contributed by atoms with Crippen molar-refractivity contribution >= 4 is 23.6 Å². The molecule has 4 aromatic carbocycles. The van der Waals surface area contributed by atoms with Crippen LogP contribution in [0.25, 0.3) is 11.0 Å². The molecule has 0 spiro atoms. The quantitative estimate of drug-likeness (QED) is 0.348. The predicted octanol–water partition coefficient (Wildman–Crippen LogP) is 3.56. The molecule has 0 atom stereocenters. The zero-order valence-electron chi connectivity index (χ0n) is 16.8. The van der Waals surface area contributed by atoms with Gasteiger partial charge in [0.1, 0.15) is 5.54 Å². The van der Waals surface area contributed by atoms with Gasteiger partial charge in [-0.15, -0.1) is 0 Å². The van der Waals surface area contributed by atoms with Crippen molar-refractivity contribution in [3.63, 3.8) is 0 Å². The van der Waals surface area contributed by atoms with Crippen molar-refractivity contribution in [2.75, 3.05) is 0 Å². The fourth-order valence-electron chi connectivity index (χ4n) is 4.41. The third kappa shape index (κ3) is 3.15. The Morgan fingerprint density at radius 3 is 1.58 bits per heavy atom. The molecule has 2 N–H and O–H groups in total. The molecule has 0 unspecified atom stereocenters. The molecule has 0 radical (unpaired) electrons. The smallest absolute Gasteiger partial charge is 0.423 e. The summed E-state index contributed by atoms with van der Waals surface area (Å²) in [5.41, 5.74) is 4.70. The van der Waals surface area contributed by atoms with E-state index < -0.39 is 12.7 Å². The fourth-order valence-corrected chi connectivity index (χ4v) is 4.41. The fraction of sp³-hybridized carbons (Fsp3) is 0.0385. The summed E-state index contributed by atoms with van der Waals surface area (Å²) in [5.74, 6) is 0. The summed E-state index contributed by atoms with van der Waals surface area (Å²) in [4.78, 5) is 4.64. The highest BCUT2D eigenvalue weighted by Gasteiger charge is 2.39. The molecule has 5 aromatic rings. The number of hydrogen-bond donors (Lipinski definition) is 2. The van der Waals surface area contributed by atoms with Crippen LogP contribution in [0.2, 0.25) is 0 Å². The molecule has 0 saturated carbocycles. The van der Waals surface area contributed by atoms with Crippen LogP contribution in [0, 0.1) is 0 Å². The van der Waals surface area contributed by atoms with Crippen molar-refractivity contribution in [1.82, 2.24) is 9.55 Å². The second-order valence-electron chi connectivity index (χ2n) is 7.54. The summed E-state index contributed by atoms with van der Waals surface area (Å²) in [6.07, 6.45) is 1.84. The molecule has 0 bridgehead atoms. The Morgan fingerprint density at radius 2 is 1.13 bits per heavy atom. The van der Waals surface area contributed by atoms with Gasteiger partial charge in [-0.1, -0.05) is 97.1 Å². The number of imidazole rings is 1. The van der Waals surface area contributed by atoms with E-state index in [1.54, 1.807) is 12.1 Å². The minimum absolute atomic E-state index is 0.419. The lowest BCUT2D eigenvalue weighted by Gasteiger charge is -2.38. The van der Waals surface area contributed by atoms with Crippen LogP contribution < -0.4 is 5.46 Å². The molecule has 0 aliphatic rings. The molecule has 0 saturated heterocycles. The Hall–Kier alpha value is -3.67. The van der Waals surface area contributed by atoms with Crippen LogP contribution in [0.15, 0.2) is 116 Å². The molecule has 150 valence electrons. The average molecular weight is 404 g/mol. The Bertz CT molecular complexity index is 1210. The normalized spacial score (nSPS) is 11.5. The van der Waals surface area contributed by atoms with Crippen LogP contribution in [-0.2, 0) is 5.54 Å². The lowest BCUT2D eigenvalue weighted by Crippen LogP contribution is -2.37. The van der Waals surface area contributed by atoms with Crippen molar-refractivity contribution in [3.05, 3.63) is 132 Å². The summed E-state index contributed by atoms with van der Waals surface area (Å²) in [5, 5.41) is 19.2. The Kier molecular flexibility index (Phi) is 4.90. The van der Waals surface area contributed by atoms with Gasteiger partial charge < -0.3 is 14.6 Å². The third-order valence-electron chi connectivity index (χ3n) is 5.81. The first-order chi connectivity index (χ1) is 15.2. The van der Waals surface area contributed by atoms with E-state index in [1.165, 1.54) is 0 Å². The van der Waals surface area contributed by atoms with Crippen LogP contribution in [0.4, 0.5) is 0 Å². The standard InChI is InChI=1S/C26H21BN2O2/c30-27(31)23-16-17-25-24(18-23)28-19-29(25)26(20-10-4-1-5-11-20,21-12-6-2-7-13-21)22-14-8-3-9-15-22/h1-19,30-31H. The van der Waals surface area contributed by atoms with E-state index in [2.05, 4.69) is 82.3 Å². The zero-order chi connectivity index (χ0) is 21.3. The van der Waals surface area contributed by atoms with Crippen LogP contribution in [0.5, 0.6) is 0 Å². The van der Waals surface area contributed by atoms with Gasteiger partial charge in [-0.3, -0.25) is 0 Å². The van der Waals surface area contributed by atoms with Gasteiger partial charge in [0, 0.05) is 0 Å². The Morgan fingerprint density at radius 1 is 0.645 bits per heavy atom. The van der Waals surface area contributed by atoms with Crippen LogP contribution in [0.3, 0.4) is 0 Å². The molecular weight excluding hydrogens is 383 g/mol. The lowest BCUT2D eigenvalue weighted by molar-refractivity contribution is 0.426. The summed E-state index contributed by atoms with van der Waals surface area (Å²) in [6.45, 7) is 0. The maximum atomic E-state index is 9.60. The highest BCUT2D eigenvalue weighted by molar-refractivity contribution is 6.58. The SMILES string of the molecule is OB(O)c1ccc2c(c1)ncn2C(c1ccccc1)(c1ccccc1)c1ccccc1. The Balaban J connectivity index is 1.90. The van der Waals surface area contributed by atoms with Crippen molar-refractivity contribution in [3.8, 4) is 0 Å². The van der Waals surface area contributed by atoms with Crippen molar-refractivity contribution in [2.24, 2.45) is 0 Å². The maximum Gasteiger partial charge on any atom is 0.488 e. The van der Waals surface area contributed by atoms with Crippen molar-refractivity contribution in [2.45, 2.75) is 5.54 Å². The van der Waals surface area contributed by atoms with Crippen molar-refractivity contribution in [1.29, 1.82) is 0 Å². The van der Waals surface area contributed by atoms with E-state index in [1.807, 2.05) is 30.6 Å². The molecule has 4 nitrogen and oxygen atoms in total. The first-order valence-electron chi connectivity index (χ1n) is 10.2. The molecule has 0 aliphatic carbocycles. The lowest BCUT2D eigenvalue weighted by atomic mass is 9.76. The van der Waals surface area contributed by atoms with Gasteiger partial charge in [0.2, 0.25) is 0 Å².